The molecule has 0 aliphatic heterocycles. The first-order chi connectivity index (χ1) is 5.20. The highest BCUT2D eigenvalue weighted by Gasteiger charge is 1.99. The SMILES string of the molecule is Cc1ncncc1NC(N)=O. The summed E-state index contributed by atoms with van der Waals surface area (Å²) in [7, 11) is 0. The van der Waals surface area contributed by atoms with Crippen LogP contribution in [0.1, 0.15) is 5.69 Å². The molecule has 0 radical (unpaired) electrons. The Morgan fingerprint density at radius 2 is 2.45 bits per heavy atom. The molecule has 1 aromatic rings. The molecule has 0 aliphatic carbocycles. The second-order valence-electron chi connectivity index (χ2n) is 2.01. The van der Waals surface area contributed by atoms with E-state index in [1.807, 2.05) is 0 Å². The fourth-order valence-electron chi connectivity index (χ4n) is 0.646. The first-order valence-electron chi connectivity index (χ1n) is 3.03. The van der Waals surface area contributed by atoms with Gasteiger partial charge in [-0.3, -0.25) is 0 Å². The summed E-state index contributed by atoms with van der Waals surface area (Å²) in [6.45, 7) is 1.76. The number of carbonyl (C=O) groups is 1. The molecule has 0 aromatic carbocycles. The molecule has 0 bridgehead atoms. The van der Waals surface area contributed by atoms with Crippen LogP contribution >= 0.6 is 0 Å². The van der Waals surface area contributed by atoms with Crippen LogP contribution in [0.15, 0.2) is 12.5 Å². The number of urea groups is 1. The molecule has 0 fully saturated rings. The number of carbonyl (C=O) groups excluding carboxylic acids is 1. The average molecular weight is 152 g/mol. The van der Waals surface area contributed by atoms with Crippen molar-refractivity contribution in [3.05, 3.63) is 18.2 Å². The number of hydrogen-bond donors (Lipinski definition) is 2. The Bertz CT molecular complexity index is 273. The van der Waals surface area contributed by atoms with Crippen LogP contribution in [0.4, 0.5) is 10.5 Å². The van der Waals surface area contributed by atoms with Gasteiger partial charge in [-0.25, -0.2) is 14.8 Å². The van der Waals surface area contributed by atoms with Crippen LogP contribution in [0.25, 0.3) is 0 Å². The zero-order valence-electron chi connectivity index (χ0n) is 6.03. The number of hydrogen-bond acceptors (Lipinski definition) is 3. The Kier molecular flexibility index (Phi) is 2.00. The minimum atomic E-state index is -0.608. The minimum Gasteiger partial charge on any atom is -0.351 e. The summed E-state index contributed by atoms with van der Waals surface area (Å²) in [6.07, 6.45) is 2.90. The van der Waals surface area contributed by atoms with Gasteiger partial charge in [0.15, 0.2) is 0 Å². The highest BCUT2D eigenvalue weighted by atomic mass is 16.2. The van der Waals surface area contributed by atoms with E-state index in [9.17, 15) is 4.79 Å². The maximum Gasteiger partial charge on any atom is 0.316 e. The van der Waals surface area contributed by atoms with Crippen molar-refractivity contribution in [2.45, 2.75) is 6.92 Å². The van der Waals surface area contributed by atoms with E-state index in [1.54, 1.807) is 6.92 Å². The van der Waals surface area contributed by atoms with Crippen molar-refractivity contribution in [3.8, 4) is 0 Å². The second kappa shape index (κ2) is 2.96. The van der Waals surface area contributed by atoms with E-state index in [2.05, 4.69) is 15.3 Å². The lowest BCUT2D eigenvalue weighted by Crippen LogP contribution is -2.20. The third-order valence-corrected chi connectivity index (χ3v) is 1.17. The van der Waals surface area contributed by atoms with Crippen molar-refractivity contribution in [1.82, 2.24) is 9.97 Å². The van der Waals surface area contributed by atoms with Crippen LogP contribution in [0, 0.1) is 6.92 Å². The molecular formula is C6H8N4O. The van der Waals surface area contributed by atoms with Gasteiger partial charge in [0.2, 0.25) is 0 Å². The molecule has 0 unspecified atom stereocenters. The molecule has 5 heteroatoms. The summed E-state index contributed by atoms with van der Waals surface area (Å²) in [5.74, 6) is 0. The van der Waals surface area contributed by atoms with Crippen LogP contribution in [0.5, 0.6) is 0 Å². The Balaban J connectivity index is 2.86. The second-order valence-corrected chi connectivity index (χ2v) is 2.01. The average Bonchev–Trinajstić information content (AvgIpc) is 1.93. The Hall–Kier alpha value is -1.65. The highest BCUT2D eigenvalue weighted by molar-refractivity contribution is 5.88. The quantitative estimate of drug-likeness (QED) is 0.606. The van der Waals surface area contributed by atoms with Gasteiger partial charge in [-0.15, -0.1) is 0 Å². The topological polar surface area (TPSA) is 80.9 Å². The number of nitrogens with zero attached hydrogens (tertiary/aromatic N) is 2. The van der Waals surface area contributed by atoms with E-state index in [-0.39, 0.29) is 0 Å². The monoisotopic (exact) mass is 152 g/mol. The predicted octanol–water partition coefficient (Wildman–Crippen LogP) is 0.276. The number of anilines is 1. The summed E-state index contributed by atoms with van der Waals surface area (Å²) in [4.78, 5) is 17.9. The van der Waals surface area contributed by atoms with Gasteiger partial charge in [0.25, 0.3) is 0 Å². The van der Waals surface area contributed by atoms with Crippen LogP contribution in [-0.2, 0) is 0 Å². The van der Waals surface area contributed by atoms with E-state index in [0.717, 1.165) is 0 Å². The summed E-state index contributed by atoms with van der Waals surface area (Å²) >= 11 is 0. The molecule has 1 aromatic heterocycles. The fourth-order valence-corrected chi connectivity index (χ4v) is 0.646. The third kappa shape index (κ3) is 1.89. The lowest BCUT2D eigenvalue weighted by Gasteiger charge is -2.01. The van der Waals surface area contributed by atoms with Gasteiger partial charge in [-0.05, 0) is 6.92 Å². The number of primary amides is 1. The fraction of sp³-hybridized carbons (Fsp3) is 0.167. The molecule has 58 valence electrons. The first kappa shape index (κ1) is 7.46. The maximum absolute atomic E-state index is 10.4. The van der Waals surface area contributed by atoms with Crippen molar-refractivity contribution in [1.29, 1.82) is 0 Å². The van der Waals surface area contributed by atoms with Gasteiger partial charge in [0.05, 0.1) is 17.6 Å². The zero-order valence-corrected chi connectivity index (χ0v) is 6.03. The molecule has 1 heterocycles. The summed E-state index contributed by atoms with van der Waals surface area (Å²) in [5, 5.41) is 2.39. The Labute approximate surface area is 63.7 Å². The van der Waals surface area contributed by atoms with Gasteiger partial charge in [0.1, 0.15) is 6.33 Å². The molecule has 5 nitrogen and oxygen atoms in total. The molecule has 0 atom stereocenters. The standard InChI is InChI=1S/C6H8N4O/c1-4-5(10-6(7)11)2-8-3-9-4/h2-3H,1H3,(H3,7,10,11). The maximum atomic E-state index is 10.4. The van der Waals surface area contributed by atoms with Gasteiger partial charge in [-0.1, -0.05) is 0 Å². The molecule has 0 saturated carbocycles. The minimum absolute atomic E-state index is 0.542. The Morgan fingerprint density at radius 3 is 3.00 bits per heavy atom. The number of aryl methyl sites for hydroxylation is 1. The van der Waals surface area contributed by atoms with Gasteiger partial charge < -0.3 is 11.1 Å². The molecule has 0 spiro atoms. The van der Waals surface area contributed by atoms with Crippen molar-refractivity contribution in [2.75, 3.05) is 5.32 Å². The van der Waals surface area contributed by atoms with Crippen LogP contribution < -0.4 is 11.1 Å². The van der Waals surface area contributed by atoms with E-state index in [1.165, 1.54) is 12.5 Å². The molecule has 1 rings (SSSR count). The van der Waals surface area contributed by atoms with Crippen molar-refractivity contribution in [2.24, 2.45) is 5.73 Å². The summed E-state index contributed by atoms with van der Waals surface area (Å²) < 4.78 is 0. The van der Waals surface area contributed by atoms with E-state index >= 15 is 0 Å². The number of amides is 2. The Morgan fingerprint density at radius 1 is 1.73 bits per heavy atom. The molecule has 0 saturated heterocycles. The largest absolute Gasteiger partial charge is 0.351 e. The highest BCUT2D eigenvalue weighted by Crippen LogP contribution is 2.06. The smallest absolute Gasteiger partial charge is 0.316 e. The number of nitrogens with two attached hydrogens (primary N) is 1. The number of aromatic nitrogens is 2. The van der Waals surface area contributed by atoms with Crippen LogP contribution in [0.3, 0.4) is 0 Å². The van der Waals surface area contributed by atoms with Gasteiger partial charge in [0, 0.05) is 0 Å². The van der Waals surface area contributed by atoms with Crippen molar-refractivity contribution >= 4 is 11.7 Å². The molecular weight excluding hydrogens is 144 g/mol. The van der Waals surface area contributed by atoms with E-state index < -0.39 is 6.03 Å². The third-order valence-electron chi connectivity index (χ3n) is 1.17. The summed E-state index contributed by atoms with van der Waals surface area (Å²) in [6, 6.07) is -0.608. The van der Waals surface area contributed by atoms with Gasteiger partial charge >= 0.3 is 6.03 Å². The van der Waals surface area contributed by atoms with E-state index in [4.69, 9.17) is 5.73 Å². The number of rotatable bonds is 1. The lowest BCUT2D eigenvalue weighted by atomic mass is 10.4. The number of nitrogens with one attached hydrogen (secondary N) is 1. The van der Waals surface area contributed by atoms with Crippen LogP contribution in [-0.4, -0.2) is 16.0 Å². The molecule has 11 heavy (non-hydrogen) atoms. The molecule has 0 aliphatic rings. The van der Waals surface area contributed by atoms with Crippen LogP contribution in [0.2, 0.25) is 0 Å². The normalized spacial score (nSPS) is 9.18. The summed E-state index contributed by atoms with van der Waals surface area (Å²) in [5.41, 5.74) is 6.12. The zero-order chi connectivity index (χ0) is 8.27. The van der Waals surface area contributed by atoms with Gasteiger partial charge in [-0.2, -0.15) is 0 Å². The predicted molar refractivity (Wildman–Crippen MR) is 40.0 cm³/mol. The molecule has 2 amide bonds. The van der Waals surface area contributed by atoms with Crippen molar-refractivity contribution in [3.63, 3.8) is 0 Å². The lowest BCUT2D eigenvalue weighted by molar-refractivity contribution is 0.259. The molecule has 3 N–H and O–H groups in total. The van der Waals surface area contributed by atoms with Crippen molar-refractivity contribution < 1.29 is 4.79 Å². The van der Waals surface area contributed by atoms with E-state index in [0.29, 0.717) is 11.4 Å². The first-order valence-corrected chi connectivity index (χ1v) is 3.03.